The number of fused-ring (bicyclic) bond motifs is 3. The quantitative estimate of drug-likeness (QED) is 0.673. The van der Waals surface area contributed by atoms with Gasteiger partial charge in [-0.2, -0.15) is 0 Å². The third kappa shape index (κ3) is 1.35. The molecule has 0 radical (unpaired) electrons. The lowest BCUT2D eigenvalue weighted by molar-refractivity contribution is 0.349. The molecule has 3 aromatic rings. The van der Waals surface area contributed by atoms with E-state index in [2.05, 4.69) is 30.3 Å². The SMILES string of the molecule is c1cc2c(ncc3nnn(C4CCCNC4)c32)[nH]1. The van der Waals surface area contributed by atoms with Crippen LogP contribution < -0.4 is 5.32 Å². The second kappa shape index (κ2) is 3.78. The fraction of sp³-hybridized carbons (Fsp3) is 0.417. The first-order chi connectivity index (χ1) is 8.93. The lowest BCUT2D eigenvalue weighted by Gasteiger charge is -2.23. The van der Waals surface area contributed by atoms with E-state index in [1.165, 1.54) is 6.42 Å². The Labute approximate surface area is 103 Å². The molecule has 4 rings (SSSR count). The minimum atomic E-state index is 0.393. The average Bonchev–Trinajstić information content (AvgIpc) is 3.05. The normalized spacial score (nSPS) is 20.8. The van der Waals surface area contributed by atoms with Gasteiger partial charge in [-0.3, -0.25) is 0 Å². The van der Waals surface area contributed by atoms with E-state index < -0.39 is 0 Å². The maximum Gasteiger partial charge on any atom is 0.139 e. The first-order valence-electron chi connectivity index (χ1n) is 6.31. The fourth-order valence-electron chi connectivity index (χ4n) is 2.74. The van der Waals surface area contributed by atoms with Gasteiger partial charge in [-0.25, -0.2) is 9.67 Å². The molecule has 18 heavy (non-hydrogen) atoms. The van der Waals surface area contributed by atoms with Gasteiger partial charge in [-0.15, -0.1) is 5.10 Å². The number of hydrogen-bond acceptors (Lipinski definition) is 4. The van der Waals surface area contributed by atoms with E-state index in [4.69, 9.17) is 0 Å². The van der Waals surface area contributed by atoms with E-state index in [0.717, 1.165) is 41.6 Å². The Hall–Kier alpha value is -1.95. The maximum absolute atomic E-state index is 4.34. The first kappa shape index (κ1) is 10.0. The molecule has 2 N–H and O–H groups in total. The zero-order chi connectivity index (χ0) is 11.9. The number of pyridine rings is 1. The molecule has 4 heterocycles. The van der Waals surface area contributed by atoms with Crippen LogP contribution in [-0.2, 0) is 0 Å². The highest BCUT2D eigenvalue weighted by Crippen LogP contribution is 2.25. The molecule has 1 aliphatic rings. The second-order valence-electron chi connectivity index (χ2n) is 4.77. The molecule has 0 aromatic carbocycles. The minimum absolute atomic E-state index is 0.393. The molecule has 1 unspecified atom stereocenters. The summed E-state index contributed by atoms with van der Waals surface area (Å²) in [5.41, 5.74) is 2.86. The summed E-state index contributed by atoms with van der Waals surface area (Å²) >= 11 is 0. The molecule has 0 aliphatic carbocycles. The summed E-state index contributed by atoms with van der Waals surface area (Å²) in [7, 11) is 0. The Morgan fingerprint density at radius 3 is 3.28 bits per heavy atom. The molecule has 6 nitrogen and oxygen atoms in total. The molecule has 0 amide bonds. The van der Waals surface area contributed by atoms with Gasteiger partial charge < -0.3 is 10.3 Å². The van der Waals surface area contributed by atoms with Crippen LogP contribution in [0.25, 0.3) is 22.1 Å². The Morgan fingerprint density at radius 1 is 1.39 bits per heavy atom. The van der Waals surface area contributed by atoms with Crippen molar-refractivity contribution < 1.29 is 0 Å². The third-order valence-corrected chi connectivity index (χ3v) is 3.63. The fourth-order valence-corrected chi connectivity index (χ4v) is 2.74. The summed E-state index contributed by atoms with van der Waals surface area (Å²) < 4.78 is 2.05. The molecule has 1 fully saturated rings. The van der Waals surface area contributed by atoms with Crippen molar-refractivity contribution in [3.63, 3.8) is 0 Å². The van der Waals surface area contributed by atoms with Gasteiger partial charge in [0, 0.05) is 18.1 Å². The van der Waals surface area contributed by atoms with Crippen LogP contribution in [0.5, 0.6) is 0 Å². The van der Waals surface area contributed by atoms with Crippen LogP contribution in [0.3, 0.4) is 0 Å². The molecule has 1 saturated heterocycles. The van der Waals surface area contributed by atoms with Crippen molar-refractivity contribution in [1.29, 1.82) is 0 Å². The average molecular weight is 242 g/mol. The topological polar surface area (TPSA) is 71.4 Å². The van der Waals surface area contributed by atoms with Gasteiger partial charge in [0.15, 0.2) is 0 Å². The predicted octanol–water partition coefficient (Wildman–Crippen LogP) is 1.23. The molecule has 1 atom stereocenters. The zero-order valence-corrected chi connectivity index (χ0v) is 9.93. The van der Waals surface area contributed by atoms with Gasteiger partial charge in [0.2, 0.25) is 0 Å². The van der Waals surface area contributed by atoms with Gasteiger partial charge >= 0.3 is 0 Å². The number of piperidine rings is 1. The number of hydrogen-bond donors (Lipinski definition) is 2. The van der Waals surface area contributed by atoms with Crippen molar-refractivity contribution in [2.75, 3.05) is 13.1 Å². The van der Waals surface area contributed by atoms with Crippen molar-refractivity contribution in [1.82, 2.24) is 30.3 Å². The predicted molar refractivity (Wildman–Crippen MR) is 68.3 cm³/mol. The number of nitrogens with zero attached hydrogens (tertiary/aromatic N) is 4. The molecular formula is C12H14N6. The second-order valence-corrected chi connectivity index (χ2v) is 4.77. The molecule has 92 valence electrons. The van der Waals surface area contributed by atoms with Crippen molar-refractivity contribution in [2.24, 2.45) is 0 Å². The van der Waals surface area contributed by atoms with Gasteiger partial charge in [-0.1, -0.05) is 5.21 Å². The standard InChI is InChI=1S/C12H14N6/c1-2-8(6-13-4-1)18-11-9-3-5-14-12(9)15-7-10(11)16-17-18/h3,5,7-8,13H,1-2,4,6H2,(H,14,15). The molecule has 1 aliphatic heterocycles. The van der Waals surface area contributed by atoms with Crippen LogP contribution >= 0.6 is 0 Å². The van der Waals surface area contributed by atoms with Crippen molar-refractivity contribution in [3.8, 4) is 0 Å². The first-order valence-corrected chi connectivity index (χ1v) is 6.31. The van der Waals surface area contributed by atoms with E-state index in [1.807, 2.05) is 12.3 Å². The van der Waals surface area contributed by atoms with Gasteiger partial charge in [0.25, 0.3) is 0 Å². The van der Waals surface area contributed by atoms with Crippen LogP contribution in [0.2, 0.25) is 0 Å². The molecule has 0 saturated carbocycles. The van der Waals surface area contributed by atoms with Crippen molar-refractivity contribution in [3.05, 3.63) is 18.5 Å². The largest absolute Gasteiger partial charge is 0.346 e. The molecule has 0 spiro atoms. The zero-order valence-electron chi connectivity index (χ0n) is 9.93. The highest BCUT2D eigenvalue weighted by molar-refractivity contribution is 6.00. The van der Waals surface area contributed by atoms with E-state index in [-0.39, 0.29) is 0 Å². The van der Waals surface area contributed by atoms with Crippen molar-refractivity contribution >= 4 is 22.1 Å². The molecule has 3 aromatic heterocycles. The number of rotatable bonds is 1. The summed E-state index contributed by atoms with van der Waals surface area (Å²) in [4.78, 5) is 7.48. The van der Waals surface area contributed by atoms with Crippen LogP contribution in [0.15, 0.2) is 18.5 Å². The lowest BCUT2D eigenvalue weighted by Crippen LogP contribution is -2.32. The van der Waals surface area contributed by atoms with E-state index in [1.54, 1.807) is 6.20 Å². The summed E-state index contributed by atoms with van der Waals surface area (Å²) in [6, 6.07) is 2.44. The smallest absolute Gasteiger partial charge is 0.139 e. The van der Waals surface area contributed by atoms with Crippen LogP contribution in [-0.4, -0.2) is 38.1 Å². The third-order valence-electron chi connectivity index (χ3n) is 3.63. The highest BCUT2D eigenvalue weighted by atomic mass is 15.4. The van der Waals surface area contributed by atoms with Gasteiger partial charge in [0.1, 0.15) is 16.7 Å². The van der Waals surface area contributed by atoms with E-state index >= 15 is 0 Å². The van der Waals surface area contributed by atoms with E-state index in [0.29, 0.717) is 6.04 Å². The van der Waals surface area contributed by atoms with E-state index in [9.17, 15) is 0 Å². The summed E-state index contributed by atoms with van der Waals surface area (Å²) in [5.74, 6) is 0. The Kier molecular flexibility index (Phi) is 2.10. The number of nitrogens with one attached hydrogen (secondary N) is 2. The monoisotopic (exact) mass is 242 g/mol. The number of H-pyrrole nitrogens is 1. The number of aromatic amines is 1. The molecule has 6 heteroatoms. The summed E-state index contributed by atoms with van der Waals surface area (Å²) in [6.45, 7) is 2.07. The Bertz CT molecular complexity index is 691. The Balaban J connectivity index is 1.96. The molecule has 0 bridgehead atoms. The summed E-state index contributed by atoms with van der Waals surface area (Å²) in [5, 5.41) is 13.1. The van der Waals surface area contributed by atoms with Crippen LogP contribution in [0.4, 0.5) is 0 Å². The summed E-state index contributed by atoms with van der Waals surface area (Å²) in [6.07, 6.45) is 6.04. The van der Waals surface area contributed by atoms with Gasteiger partial charge in [0.05, 0.1) is 12.2 Å². The minimum Gasteiger partial charge on any atom is -0.346 e. The van der Waals surface area contributed by atoms with Gasteiger partial charge in [-0.05, 0) is 25.5 Å². The van der Waals surface area contributed by atoms with Crippen LogP contribution in [0, 0.1) is 0 Å². The molecular weight excluding hydrogens is 228 g/mol. The highest BCUT2D eigenvalue weighted by Gasteiger charge is 2.20. The maximum atomic E-state index is 4.34. The lowest BCUT2D eigenvalue weighted by atomic mass is 10.1. The van der Waals surface area contributed by atoms with Crippen LogP contribution in [0.1, 0.15) is 18.9 Å². The number of aromatic nitrogens is 5. The Morgan fingerprint density at radius 2 is 2.39 bits per heavy atom. The van der Waals surface area contributed by atoms with Crippen molar-refractivity contribution in [2.45, 2.75) is 18.9 Å².